The maximum absolute atomic E-state index is 8.87. The monoisotopic (exact) mass is 255 g/mol. The molecule has 0 aromatic heterocycles. The summed E-state index contributed by atoms with van der Waals surface area (Å²) in [4.78, 5) is 0. The molecule has 0 aliphatic rings. The van der Waals surface area contributed by atoms with Crippen LogP contribution in [0.25, 0.3) is 0 Å². The van der Waals surface area contributed by atoms with Gasteiger partial charge >= 0.3 is 0 Å². The van der Waals surface area contributed by atoms with Gasteiger partial charge in [0.1, 0.15) is 16.3 Å². The standard InChI is InChI=1S/C10H10BrNO2/c1-6-4-7(5-12)10(14-3)8(11)9(6)13-2/h4H,1-3H3. The molecule has 74 valence electrons. The Morgan fingerprint density at radius 3 is 2.29 bits per heavy atom. The lowest BCUT2D eigenvalue weighted by Gasteiger charge is -2.12. The van der Waals surface area contributed by atoms with Gasteiger partial charge in [-0.3, -0.25) is 0 Å². The largest absolute Gasteiger partial charge is 0.495 e. The van der Waals surface area contributed by atoms with Crippen LogP contribution < -0.4 is 9.47 Å². The molecule has 3 nitrogen and oxygen atoms in total. The molecule has 0 aliphatic carbocycles. The maximum Gasteiger partial charge on any atom is 0.154 e. The van der Waals surface area contributed by atoms with E-state index in [1.807, 2.05) is 6.92 Å². The third-order valence-electron chi connectivity index (χ3n) is 1.89. The molecule has 0 radical (unpaired) electrons. The van der Waals surface area contributed by atoms with E-state index >= 15 is 0 Å². The van der Waals surface area contributed by atoms with Gasteiger partial charge in [0.2, 0.25) is 0 Å². The lowest BCUT2D eigenvalue weighted by Crippen LogP contribution is -1.95. The third kappa shape index (κ3) is 1.68. The molecule has 14 heavy (non-hydrogen) atoms. The number of benzene rings is 1. The SMILES string of the molecule is COc1c(C)cc(C#N)c(OC)c1Br. The lowest BCUT2D eigenvalue weighted by atomic mass is 10.1. The third-order valence-corrected chi connectivity index (χ3v) is 2.61. The molecule has 0 bridgehead atoms. The number of rotatable bonds is 2. The summed E-state index contributed by atoms with van der Waals surface area (Å²) >= 11 is 3.34. The molecule has 0 aliphatic heterocycles. The summed E-state index contributed by atoms with van der Waals surface area (Å²) in [7, 11) is 3.11. The van der Waals surface area contributed by atoms with Gasteiger partial charge in [-0.1, -0.05) is 0 Å². The Labute approximate surface area is 91.4 Å². The Hall–Kier alpha value is -1.21. The molecule has 0 spiro atoms. The fourth-order valence-electron chi connectivity index (χ4n) is 1.28. The highest BCUT2D eigenvalue weighted by Gasteiger charge is 2.15. The number of nitriles is 1. The number of halogens is 1. The van der Waals surface area contributed by atoms with Crippen LogP contribution in [0.15, 0.2) is 10.5 Å². The van der Waals surface area contributed by atoms with Crippen LogP contribution in [-0.2, 0) is 0 Å². The maximum atomic E-state index is 8.87. The van der Waals surface area contributed by atoms with E-state index in [0.717, 1.165) is 5.56 Å². The summed E-state index contributed by atoms with van der Waals surface area (Å²) < 4.78 is 11.0. The van der Waals surface area contributed by atoms with Crippen LogP contribution in [0.5, 0.6) is 11.5 Å². The number of ether oxygens (including phenoxy) is 2. The molecule has 0 unspecified atom stereocenters. The molecule has 0 atom stereocenters. The predicted molar refractivity (Wildman–Crippen MR) is 56.7 cm³/mol. The number of hydrogen-bond acceptors (Lipinski definition) is 3. The first-order valence-corrected chi connectivity index (χ1v) is 4.76. The Kier molecular flexibility index (Phi) is 3.37. The van der Waals surface area contributed by atoms with Crippen molar-refractivity contribution in [2.24, 2.45) is 0 Å². The van der Waals surface area contributed by atoms with E-state index in [0.29, 0.717) is 21.5 Å². The van der Waals surface area contributed by atoms with Crippen molar-refractivity contribution >= 4 is 15.9 Å². The summed E-state index contributed by atoms with van der Waals surface area (Å²) in [6, 6.07) is 3.81. The summed E-state index contributed by atoms with van der Waals surface area (Å²) in [6.07, 6.45) is 0. The molecular formula is C10H10BrNO2. The smallest absolute Gasteiger partial charge is 0.154 e. The molecule has 1 rings (SSSR count). The van der Waals surface area contributed by atoms with E-state index in [4.69, 9.17) is 14.7 Å². The highest BCUT2D eigenvalue weighted by molar-refractivity contribution is 9.10. The quantitative estimate of drug-likeness (QED) is 0.816. The second-order valence-electron chi connectivity index (χ2n) is 2.73. The van der Waals surface area contributed by atoms with Crippen LogP contribution in [0.4, 0.5) is 0 Å². The van der Waals surface area contributed by atoms with Crippen molar-refractivity contribution < 1.29 is 9.47 Å². The molecule has 0 fully saturated rings. The van der Waals surface area contributed by atoms with Crippen molar-refractivity contribution in [3.63, 3.8) is 0 Å². The van der Waals surface area contributed by atoms with Crippen LogP contribution in [0.1, 0.15) is 11.1 Å². The van der Waals surface area contributed by atoms with E-state index in [1.54, 1.807) is 13.2 Å². The predicted octanol–water partition coefficient (Wildman–Crippen LogP) is 2.65. The van der Waals surface area contributed by atoms with Gasteiger partial charge in [0.15, 0.2) is 5.75 Å². The average molecular weight is 256 g/mol. The second kappa shape index (κ2) is 4.34. The number of hydrogen-bond donors (Lipinski definition) is 0. The number of nitrogens with zero attached hydrogens (tertiary/aromatic N) is 1. The van der Waals surface area contributed by atoms with Crippen LogP contribution in [-0.4, -0.2) is 14.2 Å². The molecule has 0 amide bonds. The summed E-state index contributed by atoms with van der Waals surface area (Å²) in [5.41, 5.74) is 1.40. The van der Waals surface area contributed by atoms with Gasteiger partial charge in [-0.15, -0.1) is 0 Å². The van der Waals surface area contributed by atoms with Crippen molar-refractivity contribution in [3.8, 4) is 17.6 Å². The van der Waals surface area contributed by atoms with E-state index < -0.39 is 0 Å². The fraction of sp³-hybridized carbons (Fsp3) is 0.300. The second-order valence-corrected chi connectivity index (χ2v) is 3.53. The normalized spacial score (nSPS) is 9.36. The van der Waals surface area contributed by atoms with Crippen molar-refractivity contribution in [1.29, 1.82) is 5.26 Å². The molecule has 1 aromatic carbocycles. The van der Waals surface area contributed by atoms with E-state index in [1.165, 1.54) is 7.11 Å². The van der Waals surface area contributed by atoms with Crippen molar-refractivity contribution in [1.82, 2.24) is 0 Å². The zero-order chi connectivity index (χ0) is 10.7. The number of aryl methyl sites for hydroxylation is 1. The van der Waals surface area contributed by atoms with Gasteiger partial charge in [-0.05, 0) is 34.5 Å². The first-order chi connectivity index (χ1) is 6.65. The Morgan fingerprint density at radius 1 is 1.29 bits per heavy atom. The molecule has 1 aromatic rings. The topological polar surface area (TPSA) is 42.2 Å². The van der Waals surface area contributed by atoms with Gasteiger partial charge in [0, 0.05) is 0 Å². The van der Waals surface area contributed by atoms with Crippen LogP contribution in [0.3, 0.4) is 0 Å². The van der Waals surface area contributed by atoms with Gasteiger partial charge in [-0.2, -0.15) is 5.26 Å². The van der Waals surface area contributed by atoms with Crippen LogP contribution in [0, 0.1) is 18.3 Å². The molecule has 0 saturated carbocycles. The summed E-state index contributed by atoms with van der Waals surface area (Å²) in [6.45, 7) is 1.88. The molecule has 0 saturated heterocycles. The first-order valence-electron chi connectivity index (χ1n) is 3.96. The van der Waals surface area contributed by atoms with Crippen molar-refractivity contribution in [3.05, 3.63) is 21.7 Å². The highest BCUT2D eigenvalue weighted by atomic mass is 79.9. The molecule has 4 heteroatoms. The van der Waals surface area contributed by atoms with E-state index in [-0.39, 0.29) is 0 Å². The highest BCUT2D eigenvalue weighted by Crippen LogP contribution is 2.39. The minimum absolute atomic E-state index is 0.498. The Balaban J connectivity index is 3.49. The summed E-state index contributed by atoms with van der Waals surface area (Å²) in [5, 5.41) is 8.87. The van der Waals surface area contributed by atoms with E-state index in [2.05, 4.69) is 22.0 Å². The Morgan fingerprint density at radius 2 is 1.86 bits per heavy atom. The van der Waals surface area contributed by atoms with Crippen molar-refractivity contribution in [2.45, 2.75) is 6.92 Å². The lowest BCUT2D eigenvalue weighted by molar-refractivity contribution is 0.386. The van der Waals surface area contributed by atoms with Crippen molar-refractivity contribution in [2.75, 3.05) is 14.2 Å². The number of methoxy groups -OCH3 is 2. The van der Waals surface area contributed by atoms with Gasteiger partial charge in [-0.25, -0.2) is 0 Å². The van der Waals surface area contributed by atoms with Gasteiger partial charge < -0.3 is 9.47 Å². The molecular weight excluding hydrogens is 246 g/mol. The van der Waals surface area contributed by atoms with Gasteiger partial charge in [0.25, 0.3) is 0 Å². The zero-order valence-corrected chi connectivity index (χ0v) is 9.81. The molecule has 0 N–H and O–H groups in total. The van der Waals surface area contributed by atoms with Gasteiger partial charge in [0.05, 0.1) is 19.8 Å². The minimum atomic E-state index is 0.498. The Bertz CT molecular complexity index is 396. The minimum Gasteiger partial charge on any atom is -0.495 e. The average Bonchev–Trinajstić information content (AvgIpc) is 2.17. The van der Waals surface area contributed by atoms with Crippen LogP contribution >= 0.6 is 15.9 Å². The first kappa shape index (κ1) is 10.9. The van der Waals surface area contributed by atoms with E-state index in [9.17, 15) is 0 Å². The zero-order valence-electron chi connectivity index (χ0n) is 8.22. The fourth-order valence-corrected chi connectivity index (χ4v) is 2.13. The molecule has 0 heterocycles. The summed E-state index contributed by atoms with van der Waals surface area (Å²) in [5.74, 6) is 1.20. The van der Waals surface area contributed by atoms with Crippen LogP contribution in [0.2, 0.25) is 0 Å².